The summed E-state index contributed by atoms with van der Waals surface area (Å²) in [6.45, 7) is -1.35. The zero-order chi connectivity index (χ0) is 16.9. The number of nitrogens with one attached hydrogen (secondary N) is 1. The number of Topliss-reactive ketones (excluding diaryl/α,β-unsaturated/α-hetero) is 1. The Hall–Kier alpha value is -1.74. The molecule has 0 spiro atoms. The number of ketones is 1. The smallest absolute Gasteiger partial charge is 0.306 e. The van der Waals surface area contributed by atoms with Gasteiger partial charge < -0.3 is 4.74 Å². The highest BCUT2D eigenvalue weighted by Gasteiger charge is 2.26. The van der Waals surface area contributed by atoms with Crippen molar-refractivity contribution in [2.45, 2.75) is 19.4 Å². The highest BCUT2D eigenvalue weighted by molar-refractivity contribution is 6.14. The van der Waals surface area contributed by atoms with Crippen LogP contribution in [-0.2, 0) is 20.9 Å². The molecule has 1 aromatic carbocycles. The van der Waals surface area contributed by atoms with Crippen LogP contribution in [0.2, 0.25) is 0 Å². The summed E-state index contributed by atoms with van der Waals surface area (Å²) in [5.74, 6) is -12.2. The van der Waals surface area contributed by atoms with E-state index in [1.165, 1.54) is 0 Å². The molecule has 0 aliphatic carbocycles. The van der Waals surface area contributed by atoms with Gasteiger partial charge in [-0.25, -0.2) is 26.8 Å². The Kier molecular flexibility index (Phi) is 6.69. The average molecular weight is 346 g/mol. The summed E-state index contributed by atoms with van der Waals surface area (Å²) in [5.41, 5.74) is -1.27. The van der Waals surface area contributed by atoms with Gasteiger partial charge in [0.15, 0.2) is 23.3 Å². The van der Waals surface area contributed by atoms with Crippen molar-refractivity contribution in [3.63, 3.8) is 0 Å². The molecule has 122 valence electrons. The van der Waals surface area contributed by atoms with Gasteiger partial charge in [-0.3, -0.25) is 9.59 Å². The molecule has 1 rings (SSSR count). The summed E-state index contributed by atoms with van der Waals surface area (Å²) in [4.78, 5) is 24.3. The van der Waals surface area contributed by atoms with Crippen LogP contribution < -0.4 is 4.84 Å². The highest BCUT2D eigenvalue weighted by atomic mass is 35.5. The number of carbonyl (C=O) groups is 2. The van der Waals surface area contributed by atoms with Gasteiger partial charge in [0.25, 0.3) is 0 Å². The summed E-state index contributed by atoms with van der Waals surface area (Å²) in [6, 6.07) is 0. The van der Waals surface area contributed by atoms with Crippen molar-refractivity contribution in [1.82, 2.24) is 4.84 Å². The minimum atomic E-state index is -2.30. The van der Waals surface area contributed by atoms with Crippen LogP contribution in [0.4, 0.5) is 22.0 Å². The fourth-order valence-electron chi connectivity index (χ4n) is 1.41. The van der Waals surface area contributed by atoms with Crippen LogP contribution >= 0.6 is 11.8 Å². The summed E-state index contributed by atoms with van der Waals surface area (Å²) in [6.07, 6.45) is -0.678. The average Bonchev–Trinajstić information content (AvgIpc) is 2.49. The molecular formula is C12H9ClF5NO3. The molecule has 4 nitrogen and oxygen atoms in total. The minimum Gasteiger partial charge on any atom is -0.461 e. The molecule has 0 aliphatic rings. The van der Waals surface area contributed by atoms with E-state index in [9.17, 15) is 31.5 Å². The highest BCUT2D eigenvalue weighted by Crippen LogP contribution is 2.23. The fourth-order valence-corrected chi connectivity index (χ4v) is 1.56. The molecule has 10 heteroatoms. The molecule has 0 radical (unpaired) electrons. The predicted molar refractivity (Wildman–Crippen MR) is 64.1 cm³/mol. The number of esters is 1. The van der Waals surface area contributed by atoms with Crippen molar-refractivity contribution in [2.24, 2.45) is 0 Å². The maximum Gasteiger partial charge on any atom is 0.306 e. The standard InChI is InChI=1S/C12H9ClF5NO3/c13-19-3-5(20)1-2-7(21)22-4-6-8(14)10(16)12(18)11(17)9(6)15/h19H,1-4H2. The van der Waals surface area contributed by atoms with E-state index in [0.717, 1.165) is 0 Å². The summed E-state index contributed by atoms with van der Waals surface area (Å²) < 4.78 is 69.5. The molecule has 0 bridgehead atoms. The molecular weight excluding hydrogens is 337 g/mol. The Bertz CT molecular complexity index is 568. The van der Waals surface area contributed by atoms with E-state index in [-0.39, 0.29) is 13.0 Å². The van der Waals surface area contributed by atoms with Crippen molar-refractivity contribution in [3.05, 3.63) is 34.6 Å². The van der Waals surface area contributed by atoms with Gasteiger partial charge in [-0.1, -0.05) is 0 Å². The molecule has 0 amide bonds. The van der Waals surface area contributed by atoms with Gasteiger partial charge >= 0.3 is 5.97 Å². The Labute approximate surface area is 126 Å². The molecule has 22 heavy (non-hydrogen) atoms. The molecule has 0 aliphatic heterocycles. The quantitative estimate of drug-likeness (QED) is 0.271. The molecule has 0 fully saturated rings. The summed E-state index contributed by atoms with van der Waals surface area (Å²) >= 11 is 5.06. The lowest BCUT2D eigenvalue weighted by molar-refractivity contribution is -0.146. The maximum atomic E-state index is 13.3. The van der Waals surface area contributed by atoms with E-state index in [1.54, 1.807) is 0 Å². The number of carbonyl (C=O) groups excluding carboxylic acids is 2. The third-order valence-electron chi connectivity index (χ3n) is 2.55. The molecule has 0 atom stereocenters. The topological polar surface area (TPSA) is 55.4 Å². The SMILES string of the molecule is O=C(CCC(=O)OCc1c(F)c(F)c(F)c(F)c1F)CNCl. The normalized spacial score (nSPS) is 10.6. The Balaban J connectivity index is 2.69. The Morgan fingerprint density at radius 1 is 0.909 bits per heavy atom. The van der Waals surface area contributed by atoms with Crippen LogP contribution in [-0.4, -0.2) is 18.3 Å². The second kappa shape index (κ2) is 8.04. The van der Waals surface area contributed by atoms with Gasteiger partial charge in [0.05, 0.1) is 18.5 Å². The lowest BCUT2D eigenvalue weighted by Gasteiger charge is -2.09. The van der Waals surface area contributed by atoms with Crippen LogP contribution in [0.5, 0.6) is 0 Å². The van der Waals surface area contributed by atoms with E-state index in [4.69, 9.17) is 11.8 Å². The van der Waals surface area contributed by atoms with E-state index in [0.29, 0.717) is 0 Å². The first-order chi connectivity index (χ1) is 10.3. The maximum absolute atomic E-state index is 13.3. The molecule has 1 N–H and O–H groups in total. The van der Waals surface area contributed by atoms with Crippen LogP contribution in [0.25, 0.3) is 0 Å². The third-order valence-corrected chi connectivity index (χ3v) is 2.68. The lowest BCUT2D eigenvalue weighted by Crippen LogP contribution is -2.17. The number of halogens is 6. The molecule has 0 saturated heterocycles. The van der Waals surface area contributed by atoms with Crippen molar-refractivity contribution in [2.75, 3.05) is 6.54 Å². The summed E-state index contributed by atoms with van der Waals surface area (Å²) in [5, 5.41) is 0. The van der Waals surface area contributed by atoms with Crippen molar-refractivity contribution >= 4 is 23.5 Å². The number of ether oxygens (including phenoxy) is 1. The van der Waals surface area contributed by atoms with Crippen molar-refractivity contribution in [1.29, 1.82) is 0 Å². The number of benzene rings is 1. The Morgan fingerprint density at radius 2 is 1.41 bits per heavy atom. The molecule has 0 heterocycles. The van der Waals surface area contributed by atoms with Crippen LogP contribution in [0.3, 0.4) is 0 Å². The number of hydrogen-bond acceptors (Lipinski definition) is 4. The summed E-state index contributed by atoms with van der Waals surface area (Å²) in [7, 11) is 0. The van der Waals surface area contributed by atoms with Crippen LogP contribution in [0, 0.1) is 29.1 Å². The van der Waals surface area contributed by atoms with Crippen LogP contribution in [0.15, 0.2) is 0 Å². The first-order valence-electron chi connectivity index (χ1n) is 5.80. The number of rotatable bonds is 7. The van der Waals surface area contributed by atoms with E-state index in [2.05, 4.69) is 4.74 Å². The van der Waals surface area contributed by atoms with E-state index in [1.807, 2.05) is 4.84 Å². The zero-order valence-corrected chi connectivity index (χ0v) is 11.6. The zero-order valence-electron chi connectivity index (χ0n) is 10.8. The Morgan fingerprint density at radius 3 is 1.91 bits per heavy atom. The second-order valence-corrected chi connectivity index (χ2v) is 4.33. The minimum absolute atomic E-state index is 0.202. The van der Waals surface area contributed by atoms with E-state index >= 15 is 0 Å². The second-order valence-electron chi connectivity index (χ2n) is 4.06. The molecule has 0 aromatic heterocycles. The van der Waals surface area contributed by atoms with Gasteiger partial charge in [-0.15, -0.1) is 0 Å². The lowest BCUT2D eigenvalue weighted by atomic mass is 10.2. The predicted octanol–water partition coefficient (Wildman–Crippen LogP) is 2.52. The number of hydrogen-bond donors (Lipinski definition) is 1. The van der Waals surface area contributed by atoms with Gasteiger partial charge in [0, 0.05) is 6.42 Å². The molecule has 1 aromatic rings. The van der Waals surface area contributed by atoms with E-state index < -0.39 is 59.4 Å². The van der Waals surface area contributed by atoms with Crippen molar-refractivity contribution in [3.8, 4) is 0 Å². The third kappa shape index (κ3) is 4.38. The van der Waals surface area contributed by atoms with Gasteiger partial charge in [0.2, 0.25) is 5.82 Å². The first kappa shape index (κ1) is 18.3. The van der Waals surface area contributed by atoms with Crippen LogP contribution in [0.1, 0.15) is 18.4 Å². The molecule has 0 saturated carbocycles. The monoisotopic (exact) mass is 345 g/mol. The van der Waals surface area contributed by atoms with Gasteiger partial charge in [-0.2, -0.15) is 0 Å². The van der Waals surface area contributed by atoms with Gasteiger partial charge in [-0.05, 0) is 11.8 Å². The fraction of sp³-hybridized carbons (Fsp3) is 0.333. The first-order valence-corrected chi connectivity index (χ1v) is 6.18. The van der Waals surface area contributed by atoms with Crippen molar-refractivity contribution < 1.29 is 36.3 Å². The largest absolute Gasteiger partial charge is 0.461 e. The molecule has 0 unspecified atom stereocenters. The van der Waals surface area contributed by atoms with Gasteiger partial charge in [0.1, 0.15) is 12.4 Å².